The van der Waals surface area contributed by atoms with Crippen molar-refractivity contribution in [1.29, 1.82) is 0 Å². The molecular weight excluding hydrogens is 499 g/mol. The zero-order valence-electron chi connectivity index (χ0n) is 17.9. The van der Waals surface area contributed by atoms with Gasteiger partial charge in [0, 0.05) is 11.0 Å². The van der Waals surface area contributed by atoms with E-state index in [1.807, 2.05) is 0 Å². The second-order valence-corrected chi connectivity index (χ2v) is 7.80. The van der Waals surface area contributed by atoms with Gasteiger partial charge in [0.2, 0.25) is 0 Å². The summed E-state index contributed by atoms with van der Waals surface area (Å²) in [6, 6.07) is 7.91. The Bertz CT molecular complexity index is 1760. The zero-order valence-corrected chi connectivity index (χ0v) is 17.9. The molecule has 2 aliphatic rings. The van der Waals surface area contributed by atoms with Crippen LogP contribution in [-0.4, -0.2) is 81.6 Å². The van der Waals surface area contributed by atoms with Crippen LogP contribution < -0.4 is 0 Å². The van der Waals surface area contributed by atoms with Gasteiger partial charge in [-0.2, -0.15) is 0 Å². The Hall–Kier alpha value is -4.99. The number of nitrogens with zero attached hydrogens (tertiary/aromatic N) is 2. The van der Waals surface area contributed by atoms with Gasteiger partial charge < -0.3 is 30.4 Å². The average Bonchev–Trinajstić information content (AvgIpc) is 3.56. The third-order valence-electron chi connectivity index (χ3n) is 5.49. The van der Waals surface area contributed by atoms with Gasteiger partial charge in [0.1, 0.15) is 11.1 Å². The Morgan fingerprint density at radius 3 is 1.78 bits per heavy atom. The summed E-state index contributed by atoms with van der Waals surface area (Å²) in [7, 11) is 0. The molecule has 12 nitrogen and oxygen atoms in total. The minimum atomic E-state index is -1.73. The lowest BCUT2D eigenvalue weighted by molar-refractivity contribution is -0.130. The molecule has 0 atom stereocenters. The van der Waals surface area contributed by atoms with Gasteiger partial charge in [-0.05, 0) is 48.6 Å². The molecule has 0 saturated carbocycles. The fourth-order valence-electron chi connectivity index (χ4n) is 4.06. The number of aromatic carboxylic acids is 3. The number of H-pyrrole nitrogens is 2. The molecule has 5 heterocycles. The molecule has 3 aromatic heterocycles. The van der Waals surface area contributed by atoms with Crippen molar-refractivity contribution in [3.63, 3.8) is 0 Å². The summed E-state index contributed by atoms with van der Waals surface area (Å²) in [5.74, 6) is -6.57. The van der Waals surface area contributed by atoms with Crippen LogP contribution >= 0.6 is 0 Å². The molecule has 0 radical (unpaired) electrons. The quantitative estimate of drug-likeness (QED) is 0.218. The lowest BCUT2D eigenvalue weighted by Crippen LogP contribution is -2.10. The van der Waals surface area contributed by atoms with E-state index in [2.05, 4.69) is 19.9 Å². The summed E-state index contributed by atoms with van der Waals surface area (Å²) in [6.07, 6.45) is 4.37. The van der Waals surface area contributed by atoms with E-state index in [-0.39, 0.29) is 34.3 Å². The van der Waals surface area contributed by atoms with Gasteiger partial charge >= 0.3 is 23.9 Å². The van der Waals surface area contributed by atoms with Crippen molar-refractivity contribution in [3.05, 3.63) is 69.8 Å². The summed E-state index contributed by atoms with van der Waals surface area (Å²) < 4.78 is 0. The first-order valence-electron chi connectivity index (χ1n) is 10.2. The van der Waals surface area contributed by atoms with Crippen molar-refractivity contribution in [2.24, 2.45) is 0 Å². The molecule has 2 aliphatic heterocycles. The molecule has 0 amide bonds. The van der Waals surface area contributed by atoms with Crippen LogP contribution in [0.1, 0.15) is 53.8 Å². The van der Waals surface area contributed by atoms with Crippen LogP contribution in [0, 0.1) is 0 Å². The SMILES string of the molecule is O=C(O)C1=Cc2cc3ccc(cc4nc(cc5[nH]c(c(C(=O)O)c1n2)c(C(=O)O)c5C(=O)O)C=C4)[nH]3.[AlH3]. The van der Waals surface area contributed by atoms with Crippen molar-refractivity contribution < 1.29 is 39.6 Å². The van der Waals surface area contributed by atoms with E-state index in [9.17, 15) is 39.6 Å². The number of fused-ring (bicyclic) bond motifs is 8. The topological polar surface area (TPSA) is 207 Å². The maximum Gasteiger partial charge on any atom is 0.340 e. The van der Waals surface area contributed by atoms with E-state index < -0.39 is 57.4 Å². The maximum absolute atomic E-state index is 12.4. The first kappa shape index (κ1) is 25.1. The highest BCUT2D eigenvalue weighted by atomic mass is 27.0. The van der Waals surface area contributed by atoms with Gasteiger partial charge in [0.05, 0.1) is 44.9 Å². The monoisotopic (exact) mass is 516 g/mol. The summed E-state index contributed by atoms with van der Waals surface area (Å²) in [5.41, 5.74) is -2.19. The molecule has 13 heteroatoms. The normalized spacial score (nSPS) is 11.9. The molecule has 0 unspecified atom stereocenters. The Labute approximate surface area is 216 Å². The average molecular weight is 516 g/mol. The number of aromatic amines is 2. The van der Waals surface area contributed by atoms with Crippen LogP contribution in [0.15, 0.2) is 30.3 Å². The molecule has 0 spiro atoms. The zero-order chi connectivity index (χ0) is 25.7. The van der Waals surface area contributed by atoms with E-state index in [4.69, 9.17) is 0 Å². The van der Waals surface area contributed by atoms with E-state index >= 15 is 0 Å². The number of hydrogen-bond donors (Lipinski definition) is 6. The molecule has 37 heavy (non-hydrogen) atoms. The number of hydrogen-bond acceptors (Lipinski definition) is 6. The minimum Gasteiger partial charge on any atom is -0.478 e. The first-order valence-corrected chi connectivity index (χ1v) is 10.2. The van der Waals surface area contributed by atoms with Crippen LogP contribution in [0.3, 0.4) is 0 Å². The van der Waals surface area contributed by atoms with Crippen molar-refractivity contribution in [2.75, 3.05) is 0 Å². The van der Waals surface area contributed by atoms with Crippen LogP contribution in [0.2, 0.25) is 0 Å². The van der Waals surface area contributed by atoms with Crippen LogP contribution in [0.4, 0.5) is 0 Å². The highest BCUT2D eigenvalue weighted by Gasteiger charge is 2.31. The summed E-state index contributed by atoms with van der Waals surface area (Å²) in [4.78, 5) is 62.7. The summed E-state index contributed by atoms with van der Waals surface area (Å²) in [6.45, 7) is 0. The number of nitrogens with one attached hydrogen (secondary N) is 2. The molecule has 3 aromatic rings. The fourth-order valence-corrected chi connectivity index (χ4v) is 4.06. The van der Waals surface area contributed by atoms with Gasteiger partial charge in [0.25, 0.3) is 0 Å². The van der Waals surface area contributed by atoms with E-state index in [0.29, 0.717) is 16.7 Å². The van der Waals surface area contributed by atoms with Gasteiger partial charge in [-0.1, -0.05) is 0 Å². The molecule has 0 fully saturated rings. The van der Waals surface area contributed by atoms with Crippen LogP contribution in [0.5, 0.6) is 0 Å². The second kappa shape index (κ2) is 9.23. The minimum absolute atomic E-state index is 0. The predicted octanol–water partition coefficient (Wildman–Crippen LogP) is 2.02. The fraction of sp³-hybridized carbons (Fsp3) is 0. The second-order valence-electron chi connectivity index (χ2n) is 7.80. The Morgan fingerprint density at radius 1 is 0.649 bits per heavy atom. The Kier molecular flexibility index (Phi) is 6.27. The number of aliphatic carboxylic acids is 1. The molecular formula is C24H17AlN4O8. The third-order valence-corrected chi connectivity index (χ3v) is 5.49. The standard InChI is InChI=1S/C24H14N4O8.Al.3H/c29-21(30)14-7-13-6-11-2-1-9(25-11)5-10-3-4-12(26-10)8-15-16(22(31)32)17(23(33)34)20(28-15)18(24(35)36)19(14)27-13;;;;/h1-8,25,28H,(H,29,30)(H,31,32)(H,33,34)(H,35,36);;;;. The van der Waals surface area contributed by atoms with Gasteiger partial charge in [-0.25, -0.2) is 29.1 Å². The largest absolute Gasteiger partial charge is 0.478 e. The third kappa shape index (κ3) is 4.40. The van der Waals surface area contributed by atoms with Gasteiger partial charge in [-0.3, -0.25) is 0 Å². The molecule has 6 N–H and O–H groups in total. The maximum atomic E-state index is 12.4. The summed E-state index contributed by atoms with van der Waals surface area (Å²) >= 11 is 0. The number of rotatable bonds is 4. The number of aromatic nitrogens is 4. The Balaban J connectivity index is 0.00000320. The van der Waals surface area contributed by atoms with Gasteiger partial charge in [-0.15, -0.1) is 0 Å². The van der Waals surface area contributed by atoms with E-state index in [1.54, 1.807) is 30.4 Å². The van der Waals surface area contributed by atoms with Crippen molar-refractivity contribution >= 4 is 87.1 Å². The number of carboxylic acids is 4. The van der Waals surface area contributed by atoms with Crippen LogP contribution in [-0.2, 0) is 4.79 Å². The van der Waals surface area contributed by atoms with E-state index in [0.717, 1.165) is 6.08 Å². The predicted molar refractivity (Wildman–Crippen MR) is 136 cm³/mol. The van der Waals surface area contributed by atoms with Gasteiger partial charge in [0.15, 0.2) is 17.4 Å². The smallest absolute Gasteiger partial charge is 0.340 e. The molecule has 8 bridgehead atoms. The Morgan fingerprint density at radius 2 is 1.22 bits per heavy atom. The van der Waals surface area contributed by atoms with Crippen molar-refractivity contribution in [1.82, 2.24) is 19.9 Å². The van der Waals surface area contributed by atoms with Crippen molar-refractivity contribution in [2.45, 2.75) is 0 Å². The molecule has 0 aliphatic carbocycles. The lowest BCUT2D eigenvalue weighted by Gasteiger charge is -2.02. The highest BCUT2D eigenvalue weighted by molar-refractivity contribution is 6.25. The molecule has 184 valence electrons. The molecule has 0 saturated heterocycles. The van der Waals surface area contributed by atoms with Crippen LogP contribution in [0.25, 0.3) is 45.9 Å². The number of carboxylic acid groups (broad SMARTS) is 4. The number of carbonyl (C=O) groups is 4. The first-order chi connectivity index (χ1) is 17.1. The lowest BCUT2D eigenvalue weighted by atomic mass is 10.0. The highest BCUT2D eigenvalue weighted by Crippen LogP contribution is 2.31. The van der Waals surface area contributed by atoms with Crippen molar-refractivity contribution in [3.8, 4) is 0 Å². The van der Waals surface area contributed by atoms with E-state index in [1.165, 1.54) is 12.1 Å². The molecule has 0 aromatic carbocycles. The molecule has 5 rings (SSSR count). The summed E-state index contributed by atoms with van der Waals surface area (Å²) in [5, 5.41) is 39.4.